The van der Waals surface area contributed by atoms with Gasteiger partial charge in [0, 0.05) is 5.69 Å². The van der Waals surface area contributed by atoms with Crippen LogP contribution in [0.2, 0.25) is 5.02 Å². The lowest BCUT2D eigenvalue weighted by Crippen LogP contribution is -2.15. The van der Waals surface area contributed by atoms with Crippen molar-refractivity contribution in [1.82, 2.24) is 14.8 Å². The lowest BCUT2D eigenvalue weighted by Gasteiger charge is -2.11. The molecule has 152 valence electrons. The topological polar surface area (TPSA) is 69.0 Å². The quantitative estimate of drug-likeness (QED) is 0.588. The van der Waals surface area contributed by atoms with Gasteiger partial charge in [0.1, 0.15) is 12.1 Å². The van der Waals surface area contributed by atoms with Gasteiger partial charge in [0.2, 0.25) is 5.82 Å². The Balaban J connectivity index is 1.74. The number of anilines is 1. The molecule has 1 heterocycles. The van der Waals surface area contributed by atoms with Gasteiger partial charge in [0.05, 0.1) is 16.3 Å². The summed E-state index contributed by atoms with van der Waals surface area (Å²) < 4.78 is 68.4. The third kappa shape index (κ3) is 4.99. The number of amides is 1. The van der Waals surface area contributed by atoms with E-state index < -0.39 is 29.3 Å². The van der Waals surface area contributed by atoms with Crippen LogP contribution in [0.15, 0.2) is 48.8 Å². The molecular weight excluding hydrogens is 423 g/mol. The summed E-state index contributed by atoms with van der Waals surface area (Å²) in [5.74, 6) is -1.23. The van der Waals surface area contributed by atoms with E-state index >= 15 is 0 Å². The van der Waals surface area contributed by atoms with Crippen LogP contribution in [0.25, 0.3) is 5.69 Å². The summed E-state index contributed by atoms with van der Waals surface area (Å²) in [6.07, 6.45) is -3.50. The van der Waals surface area contributed by atoms with Crippen molar-refractivity contribution in [2.24, 2.45) is 0 Å². The third-order valence-electron chi connectivity index (χ3n) is 3.55. The zero-order valence-corrected chi connectivity index (χ0v) is 14.9. The standard InChI is InChI=1S/C17H10ClF5N4O2/c18-13-6-1-9(7-12(13)17(21,22)23)25-15(28)14-24-8-27(26-14)10-2-4-11(5-3-10)29-16(19)20/h1-8,16H,(H,25,28). The van der Waals surface area contributed by atoms with Crippen molar-refractivity contribution in [2.75, 3.05) is 5.32 Å². The molecule has 3 aromatic rings. The number of carbonyl (C=O) groups excluding carboxylic acids is 1. The van der Waals surface area contributed by atoms with Crippen LogP contribution >= 0.6 is 11.6 Å². The molecular formula is C17H10ClF5N4O2. The molecule has 3 rings (SSSR count). The fourth-order valence-electron chi connectivity index (χ4n) is 2.28. The third-order valence-corrected chi connectivity index (χ3v) is 3.88. The van der Waals surface area contributed by atoms with E-state index in [0.717, 1.165) is 6.07 Å². The van der Waals surface area contributed by atoms with E-state index in [0.29, 0.717) is 11.8 Å². The van der Waals surface area contributed by atoms with Crippen LogP contribution in [-0.4, -0.2) is 27.3 Å². The summed E-state index contributed by atoms with van der Waals surface area (Å²) in [5, 5.41) is 5.66. The van der Waals surface area contributed by atoms with Crippen LogP contribution in [0.1, 0.15) is 16.2 Å². The van der Waals surface area contributed by atoms with Gasteiger partial charge in [-0.1, -0.05) is 11.6 Å². The second-order valence-electron chi connectivity index (χ2n) is 5.53. The number of benzene rings is 2. The molecule has 0 saturated carbocycles. The van der Waals surface area contributed by atoms with E-state index in [4.69, 9.17) is 11.6 Å². The van der Waals surface area contributed by atoms with Gasteiger partial charge >= 0.3 is 12.8 Å². The van der Waals surface area contributed by atoms with Gasteiger partial charge in [-0.3, -0.25) is 4.79 Å². The molecule has 0 unspecified atom stereocenters. The molecule has 0 bridgehead atoms. The number of carbonyl (C=O) groups is 1. The van der Waals surface area contributed by atoms with Crippen molar-refractivity contribution in [2.45, 2.75) is 12.8 Å². The smallest absolute Gasteiger partial charge is 0.417 e. The van der Waals surface area contributed by atoms with Gasteiger partial charge in [-0.2, -0.15) is 22.0 Å². The lowest BCUT2D eigenvalue weighted by atomic mass is 10.2. The first kappa shape index (κ1) is 20.5. The van der Waals surface area contributed by atoms with Gasteiger partial charge < -0.3 is 10.1 Å². The molecule has 0 radical (unpaired) electrons. The van der Waals surface area contributed by atoms with Crippen LogP contribution in [-0.2, 0) is 6.18 Å². The van der Waals surface area contributed by atoms with Gasteiger partial charge in [-0.25, -0.2) is 9.67 Å². The molecule has 6 nitrogen and oxygen atoms in total. The summed E-state index contributed by atoms with van der Waals surface area (Å²) in [6, 6.07) is 8.26. The molecule has 0 aliphatic rings. The van der Waals surface area contributed by atoms with E-state index in [9.17, 15) is 26.7 Å². The minimum Gasteiger partial charge on any atom is -0.435 e. The minimum absolute atomic E-state index is 0.0648. The molecule has 2 aromatic carbocycles. The second kappa shape index (κ2) is 8.03. The molecule has 0 aliphatic heterocycles. The minimum atomic E-state index is -4.68. The summed E-state index contributed by atoms with van der Waals surface area (Å²) in [6.45, 7) is -2.96. The van der Waals surface area contributed by atoms with E-state index in [2.05, 4.69) is 20.1 Å². The Morgan fingerprint density at radius 1 is 1.14 bits per heavy atom. The van der Waals surface area contributed by atoms with E-state index in [-0.39, 0.29) is 17.3 Å². The molecule has 29 heavy (non-hydrogen) atoms. The Bertz CT molecular complexity index is 1020. The fourth-order valence-corrected chi connectivity index (χ4v) is 2.50. The number of rotatable bonds is 5. The van der Waals surface area contributed by atoms with Gasteiger partial charge in [0.25, 0.3) is 5.91 Å². The Hall–Kier alpha value is -3.21. The maximum Gasteiger partial charge on any atom is 0.417 e. The van der Waals surface area contributed by atoms with Crippen molar-refractivity contribution in [3.63, 3.8) is 0 Å². The average molecular weight is 433 g/mol. The highest BCUT2D eigenvalue weighted by Gasteiger charge is 2.33. The highest BCUT2D eigenvalue weighted by Crippen LogP contribution is 2.36. The van der Waals surface area contributed by atoms with E-state index in [1.54, 1.807) is 0 Å². The number of aromatic nitrogens is 3. The first-order valence-electron chi connectivity index (χ1n) is 7.78. The van der Waals surface area contributed by atoms with Crippen molar-refractivity contribution in [1.29, 1.82) is 0 Å². The van der Waals surface area contributed by atoms with Crippen LogP contribution in [0.4, 0.5) is 27.6 Å². The normalized spacial score (nSPS) is 11.6. The Morgan fingerprint density at radius 2 is 1.83 bits per heavy atom. The molecule has 12 heteroatoms. The number of ether oxygens (including phenoxy) is 1. The molecule has 0 fully saturated rings. The number of alkyl halides is 5. The molecule has 0 aliphatic carbocycles. The fraction of sp³-hybridized carbons (Fsp3) is 0.118. The number of halogens is 6. The highest BCUT2D eigenvalue weighted by atomic mass is 35.5. The largest absolute Gasteiger partial charge is 0.435 e. The monoisotopic (exact) mass is 432 g/mol. The molecule has 0 atom stereocenters. The number of hydrogen-bond donors (Lipinski definition) is 1. The van der Waals surface area contributed by atoms with Crippen LogP contribution < -0.4 is 10.1 Å². The summed E-state index contributed by atoms with van der Waals surface area (Å²) in [5.41, 5.74) is -0.845. The number of nitrogens with zero attached hydrogens (tertiary/aromatic N) is 3. The lowest BCUT2D eigenvalue weighted by molar-refractivity contribution is -0.137. The van der Waals surface area contributed by atoms with E-state index in [1.807, 2.05) is 0 Å². The predicted molar refractivity (Wildman–Crippen MR) is 92.4 cm³/mol. The Morgan fingerprint density at radius 3 is 2.45 bits per heavy atom. The van der Waals surface area contributed by atoms with Gasteiger partial charge in [0.15, 0.2) is 0 Å². The number of nitrogens with one attached hydrogen (secondary N) is 1. The predicted octanol–water partition coefficient (Wildman–Crippen LogP) is 4.79. The van der Waals surface area contributed by atoms with Crippen molar-refractivity contribution >= 4 is 23.2 Å². The van der Waals surface area contributed by atoms with Crippen LogP contribution in [0.5, 0.6) is 5.75 Å². The molecule has 1 aromatic heterocycles. The SMILES string of the molecule is O=C(Nc1ccc(Cl)c(C(F)(F)F)c1)c1ncn(-c2ccc(OC(F)F)cc2)n1. The summed E-state index contributed by atoms with van der Waals surface area (Å²) in [7, 11) is 0. The first-order chi connectivity index (χ1) is 13.6. The van der Waals surface area contributed by atoms with Crippen molar-refractivity contribution in [3.05, 3.63) is 65.2 Å². The van der Waals surface area contributed by atoms with Gasteiger partial charge in [-0.05, 0) is 42.5 Å². The summed E-state index contributed by atoms with van der Waals surface area (Å²) >= 11 is 5.53. The van der Waals surface area contributed by atoms with Crippen LogP contribution in [0, 0.1) is 0 Å². The zero-order chi connectivity index (χ0) is 21.2. The number of hydrogen-bond acceptors (Lipinski definition) is 4. The summed E-state index contributed by atoms with van der Waals surface area (Å²) in [4.78, 5) is 16.0. The molecule has 0 spiro atoms. The molecule has 0 saturated heterocycles. The molecule has 1 N–H and O–H groups in total. The molecule has 1 amide bonds. The highest BCUT2D eigenvalue weighted by molar-refractivity contribution is 6.31. The first-order valence-corrected chi connectivity index (χ1v) is 8.16. The maximum absolute atomic E-state index is 12.9. The van der Waals surface area contributed by atoms with Crippen molar-refractivity contribution in [3.8, 4) is 11.4 Å². The second-order valence-corrected chi connectivity index (χ2v) is 5.94. The average Bonchev–Trinajstić information content (AvgIpc) is 3.13. The zero-order valence-electron chi connectivity index (χ0n) is 14.1. The van der Waals surface area contributed by atoms with Crippen molar-refractivity contribution < 1.29 is 31.5 Å². The Kier molecular flexibility index (Phi) is 5.69. The van der Waals surface area contributed by atoms with Crippen LogP contribution in [0.3, 0.4) is 0 Å². The van der Waals surface area contributed by atoms with E-state index in [1.165, 1.54) is 41.3 Å². The Labute approximate surface area is 164 Å². The van der Waals surface area contributed by atoms with Gasteiger partial charge in [-0.15, -0.1) is 5.10 Å². The maximum atomic E-state index is 12.9.